The first-order valence-corrected chi connectivity index (χ1v) is 6.34. The molecule has 21 heavy (non-hydrogen) atoms. The van der Waals surface area contributed by atoms with Gasteiger partial charge in [0, 0.05) is 12.2 Å². The molecule has 0 atom stereocenters. The second-order valence-electron chi connectivity index (χ2n) is 5.08. The number of halogens is 4. The van der Waals surface area contributed by atoms with Crippen LogP contribution in [0, 0.1) is 5.82 Å². The van der Waals surface area contributed by atoms with Gasteiger partial charge in [-0.25, -0.2) is 9.18 Å². The molecule has 3 N–H and O–H groups in total. The molecule has 1 fully saturated rings. The van der Waals surface area contributed by atoms with Crippen molar-refractivity contribution in [3.05, 3.63) is 29.6 Å². The Morgan fingerprint density at radius 3 is 2.52 bits per heavy atom. The van der Waals surface area contributed by atoms with E-state index in [0.717, 1.165) is 12.5 Å². The van der Waals surface area contributed by atoms with E-state index < -0.39 is 29.2 Å². The topological polar surface area (TPSA) is 61.4 Å². The lowest BCUT2D eigenvalue weighted by Gasteiger charge is -2.36. The van der Waals surface area contributed by atoms with Gasteiger partial charge in [-0.3, -0.25) is 0 Å². The van der Waals surface area contributed by atoms with Gasteiger partial charge in [0.1, 0.15) is 5.82 Å². The summed E-state index contributed by atoms with van der Waals surface area (Å²) in [6.07, 6.45) is -2.82. The summed E-state index contributed by atoms with van der Waals surface area (Å²) in [5.74, 6) is -1.41. The minimum Gasteiger partial charge on any atom is -0.388 e. The van der Waals surface area contributed by atoms with E-state index in [2.05, 4.69) is 10.6 Å². The van der Waals surface area contributed by atoms with Gasteiger partial charge in [-0.05, 0) is 37.5 Å². The zero-order valence-corrected chi connectivity index (χ0v) is 10.9. The Bertz CT molecular complexity index is 541. The maximum absolute atomic E-state index is 13.1. The van der Waals surface area contributed by atoms with Gasteiger partial charge in [0.05, 0.1) is 11.2 Å². The lowest BCUT2D eigenvalue weighted by atomic mass is 9.80. The van der Waals surface area contributed by atoms with Gasteiger partial charge in [0.15, 0.2) is 0 Å². The highest BCUT2D eigenvalue weighted by molar-refractivity contribution is 5.89. The van der Waals surface area contributed by atoms with Crippen molar-refractivity contribution in [3.8, 4) is 0 Å². The van der Waals surface area contributed by atoms with Crippen LogP contribution in [0.2, 0.25) is 0 Å². The van der Waals surface area contributed by atoms with E-state index in [0.29, 0.717) is 25.0 Å². The Balaban J connectivity index is 1.97. The van der Waals surface area contributed by atoms with Crippen molar-refractivity contribution in [2.45, 2.75) is 31.0 Å². The summed E-state index contributed by atoms with van der Waals surface area (Å²) in [6.45, 7) is 0.0200. The second-order valence-corrected chi connectivity index (χ2v) is 5.08. The summed E-state index contributed by atoms with van der Waals surface area (Å²) >= 11 is 0. The normalized spacial score (nSPS) is 17.0. The molecule has 1 saturated carbocycles. The van der Waals surface area contributed by atoms with Gasteiger partial charge in [0.25, 0.3) is 0 Å². The lowest BCUT2D eigenvalue weighted by molar-refractivity contribution is -0.139. The Hall–Kier alpha value is -1.83. The van der Waals surface area contributed by atoms with E-state index in [1.165, 1.54) is 0 Å². The number of anilines is 1. The fourth-order valence-electron chi connectivity index (χ4n) is 2.00. The maximum Gasteiger partial charge on any atom is 0.419 e. The second kappa shape index (κ2) is 5.51. The molecule has 0 aromatic heterocycles. The monoisotopic (exact) mass is 306 g/mol. The van der Waals surface area contributed by atoms with Gasteiger partial charge in [-0.15, -0.1) is 0 Å². The molecule has 0 spiro atoms. The molecule has 0 bridgehead atoms. The average Bonchev–Trinajstić information content (AvgIpc) is 2.35. The van der Waals surface area contributed by atoms with E-state index in [-0.39, 0.29) is 12.2 Å². The Morgan fingerprint density at radius 2 is 2.00 bits per heavy atom. The molecule has 0 heterocycles. The van der Waals surface area contributed by atoms with Crippen LogP contribution in [0.25, 0.3) is 0 Å². The number of carbonyl (C=O) groups excluding carboxylic acids is 1. The maximum atomic E-state index is 13.1. The fourth-order valence-corrected chi connectivity index (χ4v) is 2.00. The van der Waals surface area contributed by atoms with E-state index in [1.807, 2.05) is 0 Å². The molecule has 1 aliphatic rings. The summed E-state index contributed by atoms with van der Waals surface area (Å²) in [4.78, 5) is 11.5. The van der Waals surface area contributed by atoms with Crippen molar-refractivity contribution < 1.29 is 27.5 Å². The molecule has 4 nitrogen and oxygen atoms in total. The number of nitrogens with one attached hydrogen (secondary N) is 2. The van der Waals surface area contributed by atoms with E-state index in [4.69, 9.17) is 0 Å². The van der Waals surface area contributed by atoms with Gasteiger partial charge in [-0.1, -0.05) is 0 Å². The lowest BCUT2D eigenvalue weighted by Crippen LogP contribution is -2.48. The van der Waals surface area contributed by atoms with Crippen LogP contribution in [0.4, 0.5) is 28.0 Å². The van der Waals surface area contributed by atoms with Gasteiger partial charge >= 0.3 is 12.2 Å². The zero-order chi connectivity index (χ0) is 15.7. The highest BCUT2D eigenvalue weighted by Crippen LogP contribution is 2.33. The van der Waals surface area contributed by atoms with Crippen LogP contribution in [0.15, 0.2) is 18.2 Å². The number of amides is 2. The molecular formula is C13H14F4N2O2. The summed E-state index contributed by atoms with van der Waals surface area (Å²) in [6, 6.07) is 1.43. The third-order valence-electron chi connectivity index (χ3n) is 3.39. The third kappa shape index (κ3) is 3.84. The molecule has 1 aliphatic carbocycles. The minimum absolute atomic E-state index is 0.0200. The number of carbonyl (C=O) groups is 1. The van der Waals surface area contributed by atoms with Gasteiger partial charge in [-0.2, -0.15) is 13.2 Å². The molecule has 2 amide bonds. The fraction of sp³-hybridized carbons (Fsp3) is 0.462. The molecule has 1 aromatic carbocycles. The van der Waals surface area contributed by atoms with Gasteiger partial charge < -0.3 is 15.7 Å². The third-order valence-corrected chi connectivity index (χ3v) is 3.39. The highest BCUT2D eigenvalue weighted by Gasteiger charge is 2.35. The quantitative estimate of drug-likeness (QED) is 0.752. The largest absolute Gasteiger partial charge is 0.419 e. The van der Waals surface area contributed by atoms with E-state index in [9.17, 15) is 27.5 Å². The molecule has 0 unspecified atom stereocenters. The first-order valence-electron chi connectivity index (χ1n) is 6.34. The first kappa shape index (κ1) is 15.6. The SMILES string of the molecule is O=C(NCC1(O)CCC1)Nc1ccc(F)c(C(F)(F)F)c1. The van der Waals surface area contributed by atoms with Crippen LogP contribution >= 0.6 is 0 Å². The van der Waals surface area contributed by atoms with Gasteiger partial charge in [0.2, 0.25) is 0 Å². The molecule has 0 aliphatic heterocycles. The first-order chi connectivity index (χ1) is 9.70. The van der Waals surface area contributed by atoms with Crippen LogP contribution in [0.3, 0.4) is 0 Å². The summed E-state index contributed by atoms with van der Waals surface area (Å²) in [5, 5.41) is 14.3. The predicted octanol–water partition coefficient (Wildman–Crippen LogP) is 2.88. The van der Waals surface area contributed by atoms with E-state index in [1.54, 1.807) is 0 Å². The number of aliphatic hydroxyl groups is 1. The van der Waals surface area contributed by atoms with Crippen molar-refractivity contribution in [2.75, 3.05) is 11.9 Å². The zero-order valence-electron chi connectivity index (χ0n) is 10.9. The average molecular weight is 306 g/mol. The van der Waals surface area contributed by atoms with Crippen LogP contribution in [-0.2, 0) is 6.18 Å². The van der Waals surface area contributed by atoms with Crippen molar-refractivity contribution in [3.63, 3.8) is 0 Å². The summed E-state index contributed by atoms with van der Waals surface area (Å²) < 4.78 is 50.6. The van der Waals surface area contributed by atoms with Crippen molar-refractivity contribution in [1.82, 2.24) is 5.32 Å². The summed E-state index contributed by atoms with van der Waals surface area (Å²) in [7, 11) is 0. The minimum atomic E-state index is -4.83. The van der Waals surface area contributed by atoms with Crippen molar-refractivity contribution in [1.29, 1.82) is 0 Å². The standard InChI is InChI=1S/C13H14F4N2O2/c14-10-3-2-8(6-9(10)13(15,16)17)19-11(20)18-7-12(21)4-1-5-12/h2-3,6,21H,1,4-5,7H2,(H2,18,19,20). The molecule has 0 radical (unpaired) electrons. The molecule has 1 aromatic rings. The molecular weight excluding hydrogens is 292 g/mol. The number of hydrogen-bond donors (Lipinski definition) is 3. The number of rotatable bonds is 3. The van der Waals surface area contributed by atoms with Crippen LogP contribution < -0.4 is 10.6 Å². The predicted molar refractivity (Wildman–Crippen MR) is 67.2 cm³/mol. The van der Waals surface area contributed by atoms with E-state index >= 15 is 0 Å². The Kier molecular flexibility index (Phi) is 4.08. The number of alkyl halides is 3. The van der Waals surface area contributed by atoms with Crippen LogP contribution in [0.5, 0.6) is 0 Å². The molecule has 2 rings (SSSR count). The van der Waals surface area contributed by atoms with Crippen molar-refractivity contribution >= 4 is 11.7 Å². The highest BCUT2D eigenvalue weighted by atomic mass is 19.4. The van der Waals surface area contributed by atoms with Crippen LogP contribution in [0.1, 0.15) is 24.8 Å². The number of hydrogen-bond acceptors (Lipinski definition) is 2. The molecule has 116 valence electrons. The molecule has 0 saturated heterocycles. The van der Waals surface area contributed by atoms with Crippen LogP contribution in [-0.4, -0.2) is 23.3 Å². The smallest absolute Gasteiger partial charge is 0.388 e. The molecule has 8 heteroatoms. The number of benzene rings is 1. The Labute approximate surface area is 118 Å². The Morgan fingerprint density at radius 1 is 1.33 bits per heavy atom. The number of urea groups is 1. The summed E-state index contributed by atoms with van der Waals surface area (Å²) in [5.41, 5.74) is -2.56. The van der Waals surface area contributed by atoms with Crippen molar-refractivity contribution in [2.24, 2.45) is 0 Å².